The number of halogens is 2. The molecule has 0 unspecified atom stereocenters. The Hall–Kier alpha value is -2.22. The Balaban J connectivity index is 1.70. The average Bonchev–Trinajstić information content (AvgIpc) is 2.70. The number of hydrogen-bond donors (Lipinski definition) is 2. The molecule has 0 saturated heterocycles. The fourth-order valence-electron chi connectivity index (χ4n) is 3.14. The molecule has 0 spiro atoms. The lowest BCUT2D eigenvalue weighted by atomic mass is 9.97. The highest BCUT2D eigenvalue weighted by Crippen LogP contribution is 2.21. The van der Waals surface area contributed by atoms with Gasteiger partial charge in [0, 0.05) is 17.3 Å². The number of nitrogens with one attached hydrogen (secondary N) is 2. The molecule has 0 bridgehead atoms. The van der Waals surface area contributed by atoms with Crippen LogP contribution in [0.5, 0.6) is 0 Å². The van der Waals surface area contributed by atoms with Gasteiger partial charge < -0.3 is 5.32 Å². The summed E-state index contributed by atoms with van der Waals surface area (Å²) in [4.78, 5) is 12.3. The monoisotopic (exact) mass is 436 g/mol. The number of allylic oxidation sites excluding steroid dienone is 1. The summed E-state index contributed by atoms with van der Waals surface area (Å²) in [6.07, 6.45) is 7.13. The molecule has 5 nitrogen and oxygen atoms in total. The Morgan fingerprint density at radius 1 is 1.10 bits per heavy atom. The quantitative estimate of drug-likeness (QED) is 0.606. The summed E-state index contributed by atoms with van der Waals surface area (Å²) in [5.74, 6) is -1.54. The van der Waals surface area contributed by atoms with Crippen molar-refractivity contribution in [1.82, 2.24) is 4.72 Å². The molecule has 1 aliphatic rings. The predicted molar refractivity (Wildman–Crippen MR) is 112 cm³/mol. The van der Waals surface area contributed by atoms with Crippen molar-refractivity contribution < 1.29 is 17.6 Å². The van der Waals surface area contributed by atoms with Crippen LogP contribution in [0.4, 0.5) is 10.1 Å². The first-order valence-corrected chi connectivity index (χ1v) is 11.3. The van der Waals surface area contributed by atoms with Crippen molar-refractivity contribution >= 4 is 33.2 Å². The van der Waals surface area contributed by atoms with E-state index in [1.54, 1.807) is 24.3 Å². The molecular weight excluding hydrogens is 415 g/mol. The maximum absolute atomic E-state index is 14.2. The van der Waals surface area contributed by atoms with Crippen LogP contribution in [0.2, 0.25) is 5.02 Å². The molecule has 0 heterocycles. The van der Waals surface area contributed by atoms with Gasteiger partial charge in [-0.25, -0.2) is 17.5 Å². The van der Waals surface area contributed by atoms with E-state index in [0.717, 1.165) is 37.5 Å². The van der Waals surface area contributed by atoms with Crippen molar-refractivity contribution in [2.24, 2.45) is 0 Å². The first kappa shape index (κ1) is 21.5. The highest BCUT2D eigenvalue weighted by atomic mass is 35.5. The molecule has 0 saturated carbocycles. The van der Waals surface area contributed by atoms with Gasteiger partial charge in [-0.2, -0.15) is 0 Å². The minimum atomic E-state index is -3.85. The van der Waals surface area contributed by atoms with E-state index in [1.165, 1.54) is 12.0 Å². The van der Waals surface area contributed by atoms with Crippen LogP contribution in [0.25, 0.3) is 0 Å². The van der Waals surface area contributed by atoms with Gasteiger partial charge in [0.2, 0.25) is 10.0 Å². The first-order chi connectivity index (χ1) is 13.8. The fraction of sp³-hybridized carbons (Fsp3) is 0.286. The van der Waals surface area contributed by atoms with Gasteiger partial charge in [-0.1, -0.05) is 23.3 Å². The van der Waals surface area contributed by atoms with Gasteiger partial charge in [0.05, 0.1) is 10.5 Å². The molecule has 2 N–H and O–H groups in total. The summed E-state index contributed by atoms with van der Waals surface area (Å²) >= 11 is 5.80. The molecule has 1 amide bonds. The van der Waals surface area contributed by atoms with Crippen molar-refractivity contribution in [2.45, 2.75) is 37.0 Å². The van der Waals surface area contributed by atoms with Crippen LogP contribution >= 0.6 is 11.6 Å². The molecule has 0 fully saturated rings. The van der Waals surface area contributed by atoms with E-state index in [-0.39, 0.29) is 17.0 Å². The molecule has 0 aliphatic heterocycles. The lowest BCUT2D eigenvalue weighted by Crippen LogP contribution is -2.26. The van der Waals surface area contributed by atoms with Crippen LogP contribution in [-0.2, 0) is 10.0 Å². The van der Waals surface area contributed by atoms with E-state index in [9.17, 15) is 17.6 Å². The number of benzene rings is 2. The smallest absolute Gasteiger partial charge is 0.258 e. The fourth-order valence-corrected chi connectivity index (χ4v) is 4.32. The zero-order valence-corrected chi connectivity index (χ0v) is 17.3. The minimum Gasteiger partial charge on any atom is -0.322 e. The van der Waals surface area contributed by atoms with Crippen LogP contribution in [0.3, 0.4) is 0 Å². The molecular formula is C21H22ClFN2O3S. The summed E-state index contributed by atoms with van der Waals surface area (Å²) in [7, 11) is -3.85. The van der Waals surface area contributed by atoms with Gasteiger partial charge in [-0.05, 0) is 74.6 Å². The van der Waals surface area contributed by atoms with Crippen LogP contribution in [-0.4, -0.2) is 20.9 Å². The second kappa shape index (κ2) is 9.52. The standard InChI is InChI=1S/C21H22ClFN2O3S/c22-16-6-8-17(9-7-16)25-21(26)19-14-18(10-11-20(19)23)29(27,28)24-13-12-15-4-2-1-3-5-15/h4,6-11,14,24H,1-3,5,12-13H2,(H,25,26). The summed E-state index contributed by atoms with van der Waals surface area (Å²) < 4.78 is 41.8. The Labute approximate surface area is 175 Å². The van der Waals surface area contributed by atoms with Gasteiger partial charge >= 0.3 is 0 Å². The average molecular weight is 437 g/mol. The number of amides is 1. The van der Waals surface area contributed by atoms with Crippen molar-refractivity contribution in [3.05, 3.63) is 70.5 Å². The Morgan fingerprint density at radius 2 is 1.86 bits per heavy atom. The molecule has 154 valence electrons. The Kier molecular flexibility index (Phi) is 7.05. The Morgan fingerprint density at radius 3 is 2.55 bits per heavy atom. The number of carbonyl (C=O) groups excluding carboxylic acids is 1. The molecule has 2 aromatic rings. The number of rotatable bonds is 7. The number of carbonyl (C=O) groups is 1. The number of sulfonamides is 1. The predicted octanol–water partition coefficient (Wildman–Crippen LogP) is 4.90. The van der Waals surface area contributed by atoms with Crippen molar-refractivity contribution in [3.63, 3.8) is 0 Å². The maximum Gasteiger partial charge on any atom is 0.258 e. The van der Waals surface area contributed by atoms with Crippen LogP contribution in [0, 0.1) is 5.82 Å². The third-order valence-electron chi connectivity index (χ3n) is 4.72. The normalized spacial score (nSPS) is 14.3. The van der Waals surface area contributed by atoms with Crippen molar-refractivity contribution in [2.75, 3.05) is 11.9 Å². The molecule has 3 rings (SSSR count). The second-order valence-corrected chi connectivity index (χ2v) is 9.06. The Bertz CT molecular complexity index is 1020. The van der Waals surface area contributed by atoms with E-state index in [2.05, 4.69) is 16.1 Å². The summed E-state index contributed by atoms with van der Waals surface area (Å²) in [5.41, 5.74) is 1.32. The molecule has 0 radical (unpaired) electrons. The molecule has 8 heteroatoms. The summed E-state index contributed by atoms with van der Waals surface area (Å²) in [5, 5.41) is 3.03. The topological polar surface area (TPSA) is 75.3 Å². The summed E-state index contributed by atoms with van der Waals surface area (Å²) in [6.45, 7) is 0.262. The van der Waals surface area contributed by atoms with Gasteiger partial charge in [-0.3, -0.25) is 4.79 Å². The van der Waals surface area contributed by atoms with Crippen molar-refractivity contribution in [3.8, 4) is 0 Å². The third-order valence-corrected chi connectivity index (χ3v) is 6.43. The van der Waals surface area contributed by atoms with Gasteiger partial charge in [0.15, 0.2) is 0 Å². The van der Waals surface area contributed by atoms with Crippen LogP contribution in [0.1, 0.15) is 42.5 Å². The van der Waals surface area contributed by atoms with Gasteiger partial charge in [0.25, 0.3) is 5.91 Å². The molecule has 0 atom stereocenters. The second-order valence-electron chi connectivity index (χ2n) is 6.86. The van der Waals surface area contributed by atoms with Gasteiger partial charge in [-0.15, -0.1) is 0 Å². The molecule has 0 aromatic heterocycles. The van der Waals surface area contributed by atoms with E-state index in [1.807, 2.05) is 0 Å². The van der Waals surface area contributed by atoms with Crippen LogP contribution < -0.4 is 10.0 Å². The zero-order chi connectivity index (χ0) is 20.9. The largest absolute Gasteiger partial charge is 0.322 e. The van der Waals surface area contributed by atoms with Crippen LogP contribution in [0.15, 0.2) is 59.0 Å². The number of anilines is 1. The highest BCUT2D eigenvalue weighted by Gasteiger charge is 2.19. The molecule has 2 aromatic carbocycles. The lowest BCUT2D eigenvalue weighted by molar-refractivity contribution is 0.102. The van der Waals surface area contributed by atoms with E-state index < -0.39 is 21.7 Å². The van der Waals surface area contributed by atoms with E-state index >= 15 is 0 Å². The van der Waals surface area contributed by atoms with Crippen molar-refractivity contribution in [1.29, 1.82) is 0 Å². The van der Waals surface area contributed by atoms with E-state index in [4.69, 9.17) is 11.6 Å². The maximum atomic E-state index is 14.2. The molecule has 1 aliphatic carbocycles. The van der Waals surface area contributed by atoms with Gasteiger partial charge in [0.1, 0.15) is 5.82 Å². The number of hydrogen-bond acceptors (Lipinski definition) is 3. The summed E-state index contributed by atoms with van der Waals surface area (Å²) in [6, 6.07) is 9.48. The first-order valence-electron chi connectivity index (χ1n) is 9.39. The zero-order valence-electron chi connectivity index (χ0n) is 15.8. The third kappa shape index (κ3) is 5.88. The minimum absolute atomic E-state index is 0.155. The lowest BCUT2D eigenvalue weighted by Gasteiger charge is -2.13. The molecule has 29 heavy (non-hydrogen) atoms. The SMILES string of the molecule is O=C(Nc1ccc(Cl)cc1)c1cc(S(=O)(=O)NCCC2=CCCCC2)ccc1F. The van der Waals surface area contributed by atoms with E-state index in [0.29, 0.717) is 17.1 Å². The highest BCUT2D eigenvalue weighted by molar-refractivity contribution is 7.89.